The van der Waals surface area contributed by atoms with Gasteiger partial charge in [-0.2, -0.15) is 0 Å². The van der Waals surface area contributed by atoms with Crippen molar-refractivity contribution in [3.63, 3.8) is 0 Å². The maximum absolute atomic E-state index is 14.4. The summed E-state index contributed by atoms with van der Waals surface area (Å²) < 4.78 is 34.0. The fourth-order valence-electron chi connectivity index (χ4n) is 7.88. The van der Waals surface area contributed by atoms with Gasteiger partial charge in [0, 0.05) is 37.6 Å². The first-order valence-electron chi connectivity index (χ1n) is 17.0. The number of allylic oxidation sites excluding steroid dienone is 1. The molecule has 0 aromatic heterocycles. The Balaban J connectivity index is 1.47. The molecule has 2 bridgehead atoms. The highest BCUT2D eigenvalue weighted by molar-refractivity contribution is 7.93. The van der Waals surface area contributed by atoms with Crippen LogP contribution in [0.4, 0.5) is 5.69 Å². The first kappa shape index (κ1) is 32.8. The summed E-state index contributed by atoms with van der Waals surface area (Å²) in [6.07, 6.45) is 10.4. The van der Waals surface area contributed by atoms with Crippen molar-refractivity contribution in [2.24, 2.45) is 22.1 Å². The predicted octanol–water partition coefficient (Wildman–Crippen LogP) is 6.54. The van der Waals surface area contributed by atoms with Gasteiger partial charge in [-0.05, 0) is 99.5 Å². The number of hydrogen-bond donors (Lipinski definition) is 1. The number of methoxy groups -OCH3 is 1. The minimum atomic E-state index is -3.42. The normalized spacial score (nSPS) is 33.4. The standard InChI is InChI=1S/C37H49N3O5S/c1-6-35(41)38-46(43)26(4)25(3)9-7-11-33(44-5)30-15-13-29(30)21-40-22-37(18-8-10-27-19-24(2)12-16-31(27)37)23-45-34-17-14-28(20-32(34)40)36(42)39-46/h7,11-12,14,16-17,19-20,25-26,29-30,33H,6,8-10,13,15,18,21-23H2,1-5H3,(H,38,39,41,42,43)/b11-7+. The molecule has 46 heavy (non-hydrogen) atoms. The molecule has 9 heteroatoms. The molecule has 8 nitrogen and oxygen atoms in total. The third-order valence-electron chi connectivity index (χ3n) is 11.0. The largest absolute Gasteiger partial charge is 0.490 e. The summed E-state index contributed by atoms with van der Waals surface area (Å²) in [5.74, 6) is 0.457. The van der Waals surface area contributed by atoms with Crippen LogP contribution in [0.25, 0.3) is 0 Å². The number of carbonyl (C=O) groups is 2. The van der Waals surface area contributed by atoms with E-state index in [1.54, 1.807) is 20.1 Å². The number of ether oxygens (including phenoxy) is 2. The second kappa shape index (κ2) is 13.1. The van der Waals surface area contributed by atoms with Gasteiger partial charge in [-0.3, -0.25) is 14.3 Å². The minimum absolute atomic E-state index is 0.0223. The number of hydrogen-bond acceptors (Lipinski definition) is 6. The molecule has 7 atom stereocenters. The van der Waals surface area contributed by atoms with Crippen molar-refractivity contribution in [1.29, 1.82) is 0 Å². The van der Waals surface area contributed by atoms with Crippen molar-refractivity contribution in [3.8, 4) is 5.75 Å². The first-order valence-corrected chi connectivity index (χ1v) is 18.6. The van der Waals surface area contributed by atoms with Crippen molar-refractivity contribution < 1.29 is 23.3 Å². The summed E-state index contributed by atoms with van der Waals surface area (Å²) in [6.45, 7) is 9.81. The molecule has 2 aliphatic carbocycles. The molecule has 2 heterocycles. The Morgan fingerprint density at radius 2 is 2.02 bits per heavy atom. The molecule has 2 aliphatic heterocycles. The number of nitrogens with one attached hydrogen (secondary N) is 1. The van der Waals surface area contributed by atoms with Gasteiger partial charge in [-0.1, -0.05) is 49.8 Å². The molecule has 1 saturated carbocycles. The van der Waals surface area contributed by atoms with E-state index in [0.29, 0.717) is 30.4 Å². The van der Waals surface area contributed by atoms with Crippen LogP contribution in [0.1, 0.15) is 86.3 Å². The van der Waals surface area contributed by atoms with Crippen molar-refractivity contribution in [3.05, 3.63) is 70.8 Å². The zero-order valence-electron chi connectivity index (χ0n) is 27.9. The van der Waals surface area contributed by atoms with Crippen molar-refractivity contribution >= 4 is 27.4 Å². The van der Waals surface area contributed by atoms with E-state index in [9.17, 15) is 13.8 Å². The lowest BCUT2D eigenvalue weighted by Gasteiger charge is -2.46. The van der Waals surface area contributed by atoms with E-state index in [-0.39, 0.29) is 23.9 Å². The van der Waals surface area contributed by atoms with Gasteiger partial charge in [-0.15, -0.1) is 4.36 Å². The molecule has 7 unspecified atom stereocenters. The van der Waals surface area contributed by atoms with Crippen LogP contribution in [-0.2, 0) is 31.3 Å². The van der Waals surface area contributed by atoms with E-state index in [1.807, 2.05) is 26.0 Å². The molecular formula is C37H49N3O5S. The highest BCUT2D eigenvalue weighted by Gasteiger charge is 2.44. The molecule has 2 amide bonds. The molecule has 1 spiro atoms. The van der Waals surface area contributed by atoms with Crippen molar-refractivity contribution in [1.82, 2.24) is 4.72 Å². The smallest absolute Gasteiger partial charge is 0.286 e. The van der Waals surface area contributed by atoms with Crippen LogP contribution in [0.15, 0.2) is 52.9 Å². The van der Waals surface area contributed by atoms with Crippen LogP contribution in [0.3, 0.4) is 0 Å². The van der Waals surface area contributed by atoms with E-state index in [1.165, 1.54) is 16.7 Å². The zero-order valence-corrected chi connectivity index (χ0v) is 28.7. The molecule has 6 rings (SSSR count). The minimum Gasteiger partial charge on any atom is -0.490 e. The second-order valence-corrected chi connectivity index (χ2v) is 16.3. The van der Waals surface area contributed by atoms with Gasteiger partial charge >= 0.3 is 0 Å². The molecule has 0 saturated heterocycles. The number of fused-ring (bicyclic) bond motifs is 4. The number of aryl methyl sites for hydroxylation is 2. The summed E-state index contributed by atoms with van der Waals surface area (Å²) in [4.78, 5) is 28.8. The highest BCUT2D eigenvalue weighted by atomic mass is 32.2. The molecule has 1 N–H and O–H groups in total. The summed E-state index contributed by atoms with van der Waals surface area (Å²) in [7, 11) is -1.64. The van der Waals surface area contributed by atoms with Crippen LogP contribution < -0.4 is 14.4 Å². The van der Waals surface area contributed by atoms with E-state index in [4.69, 9.17) is 9.47 Å². The topological polar surface area (TPSA) is 97.3 Å². The maximum Gasteiger partial charge on any atom is 0.286 e. The lowest BCUT2D eigenvalue weighted by molar-refractivity contribution is -0.119. The molecule has 1 fully saturated rings. The quantitative estimate of drug-likeness (QED) is 0.380. The molecule has 2 aromatic rings. The van der Waals surface area contributed by atoms with Crippen LogP contribution >= 0.6 is 0 Å². The Bertz CT molecular complexity index is 1650. The summed E-state index contributed by atoms with van der Waals surface area (Å²) in [6, 6.07) is 12.3. The maximum atomic E-state index is 14.4. The van der Waals surface area contributed by atoms with E-state index in [2.05, 4.69) is 51.3 Å². The molecular weight excluding hydrogens is 598 g/mol. The van der Waals surface area contributed by atoms with E-state index < -0.39 is 27.0 Å². The third-order valence-corrected chi connectivity index (χ3v) is 13.5. The van der Waals surface area contributed by atoms with Gasteiger partial charge in [0.1, 0.15) is 15.7 Å². The lowest BCUT2D eigenvalue weighted by Crippen LogP contribution is -2.49. The Kier molecular flexibility index (Phi) is 9.36. The fourth-order valence-corrected chi connectivity index (χ4v) is 9.85. The Morgan fingerprint density at radius 3 is 2.76 bits per heavy atom. The number of benzene rings is 2. The lowest BCUT2D eigenvalue weighted by atomic mass is 9.68. The van der Waals surface area contributed by atoms with Gasteiger partial charge in [0.15, 0.2) is 0 Å². The molecule has 248 valence electrons. The molecule has 0 radical (unpaired) electrons. The Labute approximate surface area is 274 Å². The summed E-state index contributed by atoms with van der Waals surface area (Å²) in [5, 5.41) is -0.558. The average Bonchev–Trinajstić information content (AvgIpc) is 3.18. The number of rotatable bonds is 3. The predicted molar refractivity (Wildman–Crippen MR) is 183 cm³/mol. The molecule has 4 aliphatic rings. The van der Waals surface area contributed by atoms with Gasteiger partial charge in [0.05, 0.1) is 23.6 Å². The van der Waals surface area contributed by atoms with Crippen LogP contribution in [-0.4, -0.2) is 54.2 Å². The van der Waals surface area contributed by atoms with Gasteiger partial charge < -0.3 is 14.4 Å². The fraction of sp³-hybridized carbons (Fsp3) is 0.568. The highest BCUT2D eigenvalue weighted by Crippen LogP contribution is 2.47. The summed E-state index contributed by atoms with van der Waals surface area (Å²) in [5.41, 5.74) is 5.08. The Morgan fingerprint density at radius 1 is 1.20 bits per heavy atom. The number of carbonyl (C=O) groups excluding carboxylic acids is 2. The van der Waals surface area contributed by atoms with E-state index >= 15 is 0 Å². The number of nitrogens with zero attached hydrogens (tertiary/aromatic N) is 2. The Hall–Kier alpha value is -3.17. The second-order valence-electron chi connectivity index (χ2n) is 14.0. The number of amides is 2. The first-order chi connectivity index (χ1) is 22.1. The SMILES string of the molecule is CCC(=O)NS1(=O)=NC(=O)c2ccc3c(c2)N(CC2CCC2C(OC)/C=C/CC(C)C1C)CC1(CCCc2cc(C)ccc21)CO3. The van der Waals surface area contributed by atoms with Crippen molar-refractivity contribution in [2.75, 3.05) is 31.7 Å². The monoisotopic (exact) mass is 647 g/mol. The van der Waals surface area contributed by atoms with Gasteiger partial charge in [-0.25, -0.2) is 4.21 Å². The average molecular weight is 648 g/mol. The third kappa shape index (κ3) is 6.25. The molecule has 2 aromatic carbocycles. The van der Waals surface area contributed by atoms with Crippen LogP contribution in [0.2, 0.25) is 0 Å². The number of anilines is 1. The van der Waals surface area contributed by atoms with E-state index in [0.717, 1.165) is 56.6 Å². The van der Waals surface area contributed by atoms with Crippen LogP contribution in [0.5, 0.6) is 5.75 Å². The van der Waals surface area contributed by atoms with Gasteiger partial charge in [0.2, 0.25) is 5.91 Å². The van der Waals surface area contributed by atoms with Crippen LogP contribution in [0, 0.1) is 24.7 Å². The summed E-state index contributed by atoms with van der Waals surface area (Å²) >= 11 is 0. The van der Waals surface area contributed by atoms with Crippen molar-refractivity contribution in [2.45, 2.75) is 89.4 Å². The van der Waals surface area contributed by atoms with Gasteiger partial charge in [0.25, 0.3) is 5.91 Å². The zero-order chi connectivity index (χ0) is 32.6.